The van der Waals surface area contributed by atoms with E-state index in [1.54, 1.807) is 0 Å². The fraction of sp³-hybridized carbons (Fsp3) is 0.875. The van der Waals surface area contributed by atoms with Gasteiger partial charge in [0.1, 0.15) is 24.4 Å². The first-order valence-electron chi connectivity index (χ1n) is 4.53. The molecule has 0 aromatic heterocycles. The molecular formula is C8H15NO6. The van der Waals surface area contributed by atoms with Gasteiger partial charge >= 0.3 is 0 Å². The van der Waals surface area contributed by atoms with Crippen molar-refractivity contribution in [1.29, 1.82) is 5.41 Å². The summed E-state index contributed by atoms with van der Waals surface area (Å²) < 4.78 is 9.89. The summed E-state index contributed by atoms with van der Waals surface area (Å²) in [6.45, 7) is -0.571. The molecule has 0 saturated carbocycles. The summed E-state index contributed by atoms with van der Waals surface area (Å²) in [4.78, 5) is 0. The number of ether oxygens (including phenoxy) is 2. The molecule has 0 amide bonds. The van der Waals surface area contributed by atoms with Crippen LogP contribution >= 0.6 is 0 Å². The van der Waals surface area contributed by atoms with E-state index in [0.29, 0.717) is 0 Å². The molecule has 5 unspecified atom stereocenters. The van der Waals surface area contributed by atoms with Gasteiger partial charge in [0.05, 0.1) is 13.2 Å². The molecule has 0 aromatic carbocycles. The minimum Gasteiger partial charge on any atom is -0.394 e. The summed E-state index contributed by atoms with van der Waals surface area (Å²) in [7, 11) is 0. The third-order valence-electron chi connectivity index (χ3n) is 2.19. The minimum absolute atomic E-state index is 0.0807. The standard InChI is InChI=1S/C8H15NO6/c9-1-2-14-8-7(13)6(12)5(11)4(3-10)15-8/h1,4-13H,2-3H2. The molecule has 7 nitrogen and oxygen atoms in total. The molecule has 0 bridgehead atoms. The predicted octanol–water partition coefficient (Wildman–Crippen LogP) is -2.55. The van der Waals surface area contributed by atoms with E-state index in [9.17, 15) is 15.3 Å². The fourth-order valence-electron chi connectivity index (χ4n) is 1.35. The maximum Gasteiger partial charge on any atom is 0.187 e. The highest BCUT2D eigenvalue weighted by Gasteiger charge is 2.43. The largest absolute Gasteiger partial charge is 0.394 e. The third-order valence-corrected chi connectivity index (χ3v) is 2.19. The zero-order valence-electron chi connectivity index (χ0n) is 7.98. The molecule has 5 atom stereocenters. The van der Waals surface area contributed by atoms with Gasteiger partial charge in [-0.3, -0.25) is 0 Å². The minimum atomic E-state index is -1.44. The van der Waals surface area contributed by atoms with Gasteiger partial charge in [-0.15, -0.1) is 0 Å². The Bertz CT molecular complexity index is 211. The van der Waals surface area contributed by atoms with E-state index in [4.69, 9.17) is 20.0 Å². The second kappa shape index (κ2) is 5.50. The van der Waals surface area contributed by atoms with Crippen molar-refractivity contribution in [2.75, 3.05) is 13.2 Å². The molecule has 0 aliphatic carbocycles. The van der Waals surface area contributed by atoms with Gasteiger partial charge in [0.25, 0.3) is 0 Å². The van der Waals surface area contributed by atoms with Crippen LogP contribution in [0.2, 0.25) is 0 Å². The lowest BCUT2D eigenvalue weighted by Gasteiger charge is -2.39. The second-order valence-electron chi connectivity index (χ2n) is 3.23. The van der Waals surface area contributed by atoms with Gasteiger partial charge < -0.3 is 35.3 Å². The first kappa shape index (κ1) is 12.5. The average molecular weight is 221 g/mol. The highest BCUT2D eigenvalue weighted by molar-refractivity contribution is 5.54. The first-order valence-corrected chi connectivity index (χ1v) is 4.53. The number of aliphatic hydroxyl groups excluding tert-OH is 4. The van der Waals surface area contributed by atoms with E-state index in [-0.39, 0.29) is 6.61 Å². The van der Waals surface area contributed by atoms with Crippen molar-refractivity contribution in [1.82, 2.24) is 0 Å². The van der Waals surface area contributed by atoms with Gasteiger partial charge in [-0.1, -0.05) is 0 Å². The Hall–Kier alpha value is -0.570. The summed E-state index contributed by atoms with van der Waals surface area (Å²) in [5.74, 6) is 0. The molecule has 5 N–H and O–H groups in total. The van der Waals surface area contributed by atoms with Gasteiger partial charge in [0.15, 0.2) is 6.29 Å². The Labute approximate surface area is 86.4 Å². The predicted molar refractivity (Wildman–Crippen MR) is 48.5 cm³/mol. The summed E-state index contributed by atoms with van der Waals surface area (Å²) in [5, 5.41) is 43.7. The topological polar surface area (TPSA) is 123 Å². The van der Waals surface area contributed by atoms with Crippen molar-refractivity contribution in [2.45, 2.75) is 30.7 Å². The Morgan fingerprint density at radius 3 is 2.40 bits per heavy atom. The molecule has 0 aromatic rings. The van der Waals surface area contributed by atoms with Crippen molar-refractivity contribution in [3.05, 3.63) is 0 Å². The third kappa shape index (κ3) is 2.71. The normalized spacial score (nSPS) is 41.5. The maximum absolute atomic E-state index is 9.43. The zero-order chi connectivity index (χ0) is 11.4. The van der Waals surface area contributed by atoms with Crippen LogP contribution in [0.25, 0.3) is 0 Å². The summed E-state index contributed by atoms with van der Waals surface area (Å²) in [6, 6.07) is 0. The SMILES string of the molecule is N=CCOC1OC(CO)C(O)C(O)C1O. The summed E-state index contributed by atoms with van der Waals surface area (Å²) in [5.41, 5.74) is 0. The van der Waals surface area contributed by atoms with Crippen LogP contribution in [0.1, 0.15) is 0 Å². The molecule has 1 fully saturated rings. The van der Waals surface area contributed by atoms with Gasteiger partial charge in [-0.05, 0) is 0 Å². The molecule has 15 heavy (non-hydrogen) atoms. The molecule has 88 valence electrons. The molecule has 0 radical (unpaired) electrons. The molecular weight excluding hydrogens is 206 g/mol. The summed E-state index contributed by atoms with van der Waals surface area (Å²) >= 11 is 0. The van der Waals surface area contributed by atoms with Crippen LogP contribution in [-0.4, -0.2) is 70.6 Å². The summed E-state index contributed by atoms with van der Waals surface area (Å²) in [6.07, 6.45) is -5.39. The second-order valence-corrected chi connectivity index (χ2v) is 3.23. The Balaban J connectivity index is 2.60. The van der Waals surface area contributed by atoms with Crippen molar-refractivity contribution in [2.24, 2.45) is 0 Å². The lowest BCUT2D eigenvalue weighted by Crippen LogP contribution is -2.59. The van der Waals surface area contributed by atoms with Crippen LogP contribution in [0, 0.1) is 5.41 Å². The molecule has 7 heteroatoms. The Morgan fingerprint density at radius 2 is 1.87 bits per heavy atom. The highest BCUT2D eigenvalue weighted by atomic mass is 16.7. The van der Waals surface area contributed by atoms with E-state index >= 15 is 0 Å². The first-order chi connectivity index (χ1) is 7.11. The van der Waals surface area contributed by atoms with E-state index in [1.807, 2.05) is 0 Å². The van der Waals surface area contributed by atoms with Crippen LogP contribution in [0.5, 0.6) is 0 Å². The van der Waals surface area contributed by atoms with Gasteiger partial charge in [-0.25, -0.2) is 0 Å². The number of hydrogen-bond acceptors (Lipinski definition) is 7. The average Bonchev–Trinajstić information content (AvgIpc) is 2.25. The quantitative estimate of drug-likeness (QED) is 0.333. The van der Waals surface area contributed by atoms with E-state index in [0.717, 1.165) is 6.21 Å². The van der Waals surface area contributed by atoms with Crippen LogP contribution in [-0.2, 0) is 9.47 Å². The van der Waals surface area contributed by atoms with E-state index in [1.165, 1.54) is 0 Å². The fourth-order valence-corrected chi connectivity index (χ4v) is 1.35. The van der Waals surface area contributed by atoms with Gasteiger partial charge in [-0.2, -0.15) is 0 Å². The smallest absolute Gasteiger partial charge is 0.187 e. The van der Waals surface area contributed by atoms with Crippen molar-refractivity contribution < 1.29 is 29.9 Å². The van der Waals surface area contributed by atoms with E-state index in [2.05, 4.69) is 0 Å². The van der Waals surface area contributed by atoms with Crippen LogP contribution in [0.4, 0.5) is 0 Å². The van der Waals surface area contributed by atoms with Crippen molar-refractivity contribution in [3.63, 3.8) is 0 Å². The monoisotopic (exact) mass is 221 g/mol. The van der Waals surface area contributed by atoms with E-state index < -0.39 is 37.3 Å². The van der Waals surface area contributed by atoms with Gasteiger partial charge in [0, 0.05) is 6.21 Å². The Kier molecular flexibility index (Phi) is 4.58. The Morgan fingerprint density at radius 1 is 1.20 bits per heavy atom. The number of aliphatic hydroxyl groups is 4. The van der Waals surface area contributed by atoms with Crippen LogP contribution in [0.3, 0.4) is 0 Å². The maximum atomic E-state index is 9.43. The molecule has 1 rings (SSSR count). The van der Waals surface area contributed by atoms with Crippen molar-refractivity contribution >= 4 is 6.21 Å². The van der Waals surface area contributed by atoms with Crippen molar-refractivity contribution in [3.8, 4) is 0 Å². The number of rotatable bonds is 4. The highest BCUT2D eigenvalue weighted by Crippen LogP contribution is 2.21. The lowest BCUT2D eigenvalue weighted by molar-refractivity contribution is -0.297. The molecule has 1 aliphatic rings. The molecule has 1 aliphatic heterocycles. The lowest BCUT2D eigenvalue weighted by atomic mass is 9.99. The molecule has 1 saturated heterocycles. The number of hydrogen-bond donors (Lipinski definition) is 5. The van der Waals surface area contributed by atoms with Crippen LogP contribution in [0.15, 0.2) is 0 Å². The van der Waals surface area contributed by atoms with Gasteiger partial charge in [0.2, 0.25) is 0 Å². The van der Waals surface area contributed by atoms with Crippen LogP contribution < -0.4 is 0 Å². The molecule has 1 heterocycles. The zero-order valence-corrected chi connectivity index (χ0v) is 7.98. The molecule has 0 spiro atoms. The number of nitrogens with one attached hydrogen (secondary N) is 1.